The summed E-state index contributed by atoms with van der Waals surface area (Å²) in [6.07, 6.45) is 0.639. The minimum Gasteiger partial charge on any atom is -0.435 e. The molecule has 19 heavy (non-hydrogen) atoms. The van der Waals surface area contributed by atoms with Crippen molar-refractivity contribution in [1.82, 2.24) is 0 Å². The average molecular weight is 283 g/mol. The quantitative estimate of drug-likeness (QED) is 0.715. The molecule has 0 saturated heterocycles. The van der Waals surface area contributed by atoms with E-state index in [1.165, 1.54) is 6.07 Å². The smallest absolute Gasteiger partial charge is 0.387 e. The van der Waals surface area contributed by atoms with Crippen LogP contribution in [0, 0.1) is 0 Å². The number of halogens is 3. The molecule has 1 atom stereocenters. The van der Waals surface area contributed by atoms with Crippen molar-refractivity contribution in [3.63, 3.8) is 0 Å². The molecular weight excluding hydrogens is 270 g/mol. The Kier molecular flexibility index (Phi) is 4.74. The average Bonchev–Trinajstić information content (AvgIpc) is 2.39. The topological polar surface area (TPSA) is 9.23 Å². The Hall–Kier alpha value is -1.61. The van der Waals surface area contributed by atoms with Crippen LogP contribution in [0.4, 0.5) is 8.78 Å². The lowest BCUT2D eigenvalue weighted by atomic mass is 10.0. The van der Waals surface area contributed by atoms with Gasteiger partial charge in [0, 0.05) is 0 Å². The van der Waals surface area contributed by atoms with Crippen molar-refractivity contribution in [2.75, 3.05) is 0 Å². The van der Waals surface area contributed by atoms with E-state index in [0.29, 0.717) is 6.42 Å². The van der Waals surface area contributed by atoms with Gasteiger partial charge in [0.05, 0.1) is 5.38 Å². The molecule has 0 spiro atoms. The molecule has 2 aromatic rings. The second kappa shape index (κ2) is 6.53. The van der Waals surface area contributed by atoms with Gasteiger partial charge in [-0.3, -0.25) is 0 Å². The zero-order valence-corrected chi connectivity index (χ0v) is 10.9. The van der Waals surface area contributed by atoms with Crippen molar-refractivity contribution in [2.45, 2.75) is 18.4 Å². The van der Waals surface area contributed by atoms with Gasteiger partial charge in [-0.05, 0) is 29.7 Å². The molecule has 0 heterocycles. The van der Waals surface area contributed by atoms with Crippen LogP contribution in [0.1, 0.15) is 16.5 Å². The molecule has 0 aromatic heterocycles. The summed E-state index contributed by atoms with van der Waals surface area (Å²) in [6, 6.07) is 16.3. The summed E-state index contributed by atoms with van der Waals surface area (Å²) in [7, 11) is 0. The minimum atomic E-state index is -2.82. The highest BCUT2D eigenvalue weighted by molar-refractivity contribution is 6.20. The summed E-state index contributed by atoms with van der Waals surface area (Å²) in [5.74, 6) is 0.131. The molecule has 1 nitrogen and oxygen atoms in total. The van der Waals surface area contributed by atoms with Crippen LogP contribution in [0.25, 0.3) is 0 Å². The monoisotopic (exact) mass is 282 g/mol. The summed E-state index contributed by atoms with van der Waals surface area (Å²) >= 11 is 6.31. The van der Waals surface area contributed by atoms with Gasteiger partial charge in [-0.1, -0.05) is 42.5 Å². The third-order valence-corrected chi connectivity index (χ3v) is 3.11. The van der Waals surface area contributed by atoms with E-state index in [-0.39, 0.29) is 11.1 Å². The van der Waals surface area contributed by atoms with Crippen LogP contribution >= 0.6 is 11.6 Å². The molecular formula is C15H13ClF2O. The number of hydrogen-bond donors (Lipinski definition) is 0. The number of rotatable bonds is 5. The molecule has 100 valence electrons. The molecule has 2 rings (SSSR count). The van der Waals surface area contributed by atoms with Crippen LogP contribution in [0.5, 0.6) is 5.75 Å². The maximum Gasteiger partial charge on any atom is 0.387 e. The van der Waals surface area contributed by atoms with Gasteiger partial charge in [0.15, 0.2) is 0 Å². The Morgan fingerprint density at radius 1 is 1.00 bits per heavy atom. The lowest BCUT2D eigenvalue weighted by molar-refractivity contribution is -0.0498. The first kappa shape index (κ1) is 13.8. The van der Waals surface area contributed by atoms with Crippen molar-refractivity contribution < 1.29 is 13.5 Å². The Labute approximate surface area is 115 Å². The van der Waals surface area contributed by atoms with E-state index in [2.05, 4.69) is 4.74 Å². The second-order valence-corrected chi connectivity index (χ2v) is 4.64. The van der Waals surface area contributed by atoms with Crippen LogP contribution < -0.4 is 4.74 Å². The maximum absolute atomic E-state index is 12.1. The van der Waals surface area contributed by atoms with Crippen molar-refractivity contribution in [3.05, 3.63) is 65.7 Å². The molecule has 0 aliphatic rings. The van der Waals surface area contributed by atoms with Crippen LogP contribution in [0.2, 0.25) is 0 Å². The van der Waals surface area contributed by atoms with E-state index >= 15 is 0 Å². The van der Waals surface area contributed by atoms with Crippen molar-refractivity contribution in [3.8, 4) is 5.75 Å². The van der Waals surface area contributed by atoms with Crippen LogP contribution in [-0.2, 0) is 6.42 Å². The molecule has 0 aliphatic heterocycles. The maximum atomic E-state index is 12.1. The highest BCUT2D eigenvalue weighted by atomic mass is 35.5. The molecule has 0 aliphatic carbocycles. The van der Waals surface area contributed by atoms with E-state index < -0.39 is 6.61 Å². The summed E-state index contributed by atoms with van der Waals surface area (Å²) < 4.78 is 28.7. The third-order valence-electron chi connectivity index (χ3n) is 2.70. The number of ether oxygens (including phenoxy) is 1. The molecule has 1 unspecified atom stereocenters. The predicted octanol–water partition coefficient (Wildman–Crippen LogP) is 4.81. The minimum absolute atomic E-state index is 0.131. The molecule has 0 bridgehead atoms. The lowest BCUT2D eigenvalue weighted by Gasteiger charge is -2.12. The highest BCUT2D eigenvalue weighted by Crippen LogP contribution is 2.28. The first-order valence-corrected chi connectivity index (χ1v) is 6.31. The normalized spacial score (nSPS) is 12.4. The summed E-state index contributed by atoms with van der Waals surface area (Å²) in [5.41, 5.74) is 1.87. The van der Waals surface area contributed by atoms with Gasteiger partial charge in [-0.2, -0.15) is 8.78 Å². The van der Waals surface area contributed by atoms with Gasteiger partial charge in [0.1, 0.15) is 5.75 Å². The summed E-state index contributed by atoms with van der Waals surface area (Å²) in [5, 5.41) is -0.274. The van der Waals surface area contributed by atoms with E-state index in [1.54, 1.807) is 18.2 Å². The fraction of sp³-hybridized carbons (Fsp3) is 0.200. The third kappa shape index (κ3) is 4.21. The molecule has 4 heteroatoms. The number of hydrogen-bond acceptors (Lipinski definition) is 1. The SMILES string of the molecule is FC(F)Oc1cccc(C(Cl)Cc2ccccc2)c1. The van der Waals surface area contributed by atoms with E-state index in [9.17, 15) is 8.78 Å². The van der Waals surface area contributed by atoms with E-state index in [1.807, 2.05) is 30.3 Å². The predicted molar refractivity (Wildman–Crippen MR) is 71.8 cm³/mol. The molecule has 0 radical (unpaired) electrons. The molecule has 0 fully saturated rings. The number of alkyl halides is 3. The van der Waals surface area contributed by atoms with Crippen LogP contribution in [0.3, 0.4) is 0 Å². The van der Waals surface area contributed by atoms with E-state index in [0.717, 1.165) is 11.1 Å². The van der Waals surface area contributed by atoms with Gasteiger partial charge in [-0.25, -0.2) is 0 Å². The largest absolute Gasteiger partial charge is 0.435 e. The van der Waals surface area contributed by atoms with Gasteiger partial charge in [0.25, 0.3) is 0 Å². The van der Waals surface area contributed by atoms with Crippen molar-refractivity contribution in [2.24, 2.45) is 0 Å². The molecule has 0 amide bonds. The summed E-state index contributed by atoms with van der Waals surface area (Å²) in [6.45, 7) is -2.82. The van der Waals surface area contributed by atoms with E-state index in [4.69, 9.17) is 11.6 Å². The second-order valence-electron chi connectivity index (χ2n) is 4.11. The van der Waals surface area contributed by atoms with Gasteiger partial charge >= 0.3 is 6.61 Å². The Balaban J connectivity index is 2.08. The van der Waals surface area contributed by atoms with Crippen LogP contribution in [0.15, 0.2) is 54.6 Å². The summed E-state index contributed by atoms with van der Waals surface area (Å²) in [4.78, 5) is 0. The first-order chi connectivity index (χ1) is 9.15. The zero-order valence-electron chi connectivity index (χ0n) is 10.1. The Morgan fingerprint density at radius 3 is 2.42 bits per heavy atom. The highest BCUT2D eigenvalue weighted by Gasteiger charge is 2.11. The molecule has 0 saturated carbocycles. The van der Waals surface area contributed by atoms with Crippen LogP contribution in [-0.4, -0.2) is 6.61 Å². The Morgan fingerprint density at radius 2 is 1.74 bits per heavy atom. The molecule has 2 aromatic carbocycles. The van der Waals surface area contributed by atoms with Crippen molar-refractivity contribution in [1.29, 1.82) is 0 Å². The van der Waals surface area contributed by atoms with Crippen molar-refractivity contribution >= 4 is 11.6 Å². The van der Waals surface area contributed by atoms with Gasteiger partial charge in [-0.15, -0.1) is 11.6 Å². The fourth-order valence-corrected chi connectivity index (χ4v) is 2.14. The Bertz CT molecular complexity index is 517. The fourth-order valence-electron chi connectivity index (χ4n) is 1.82. The zero-order chi connectivity index (χ0) is 13.7. The first-order valence-electron chi connectivity index (χ1n) is 5.88. The lowest BCUT2D eigenvalue weighted by Crippen LogP contribution is -2.03. The van der Waals surface area contributed by atoms with Gasteiger partial charge in [0.2, 0.25) is 0 Å². The molecule has 0 N–H and O–H groups in total. The van der Waals surface area contributed by atoms with Gasteiger partial charge < -0.3 is 4.74 Å². The standard InChI is InChI=1S/C15H13ClF2O/c16-14(9-11-5-2-1-3-6-11)12-7-4-8-13(10-12)19-15(17)18/h1-8,10,14-15H,9H2. The number of benzene rings is 2.